The lowest BCUT2D eigenvalue weighted by molar-refractivity contribution is 0.599. The van der Waals surface area contributed by atoms with Gasteiger partial charge >= 0.3 is 0 Å². The molecule has 8 nitrogen and oxygen atoms in total. The standard InChI is InChI=1S/C22H23N5O3S/c1-12-13(2)15(4)20(16(5)14(12)3)31(29,30)26-18-8-6-7-9-19(18)27-21-17(10-25-27)22(28)24-11-23-21/h6-11,26H,1-5H3,(H,23,24,28). The summed E-state index contributed by atoms with van der Waals surface area (Å²) in [7, 11) is -3.89. The Bertz CT molecular complexity index is 1470. The molecule has 4 aromatic rings. The second-order valence-corrected chi connectivity index (χ2v) is 9.22. The number of rotatable bonds is 4. The molecular weight excluding hydrogens is 414 g/mol. The number of nitrogens with zero attached hydrogens (tertiary/aromatic N) is 3. The van der Waals surface area contributed by atoms with Crippen molar-refractivity contribution in [2.75, 3.05) is 4.72 Å². The molecule has 2 aromatic carbocycles. The van der Waals surface area contributed by atoms with Gasteiger partial charge < -0.3 is 4.98 Å². The van der Waals surface area contributed by atoms with Crippen molar-refractivity contribution in [3.05, 3.63) is 75.0 Å². The molecule has 0 saturated heterocycles. The smallest absolute Gasteiger partial charge is 0.262 e. The number of H-pyrrole nitrogens is 1. The molecule has 2 heterocycles. The third-order valence-electron chi connectivity index (χ3n) is 5.95. The van der Waals surface area contributed by atoms with Crippen molar-refractivity contribution in [2.24, 2.45) is 0 Å². The van der Waals surface area contributed by atoms with Crippen molar-refractivity contribution in [1.82, 2.24) is 19.7 Å². The molecule has 0 atom stereocenters. The van der Waals surface area contributed by atoms with Crippen LogP contribution in [0.5, 0.6) is 0 Å². The van der Waals surface area contributed by atoms with Gasteiger partial charge in [0.15, 0.2) is 5.65 Å². The van der Waals surface area contributed by atoms with Gasteiger partial charge in [-0.25, -0.2) is 18.1 Å². The topological polar surface area (TPSA) is 110 Å². The van der Waals surface area contributed by atoms with Crippen LogP contribution in [0.4, 0.5) is 5.69 Å². The van der Waals surface area contributed by atoms with Crippen LogP contribution in [0.25, 0.3) is 16.7 Å². The summed E-state index contributed by atoms with van der Waals surface area (Å²) in [6.45, 7) is 9.52. The number of hydrogen-bond donors (Lipinski definition) is 2. The predicted molar refractivity (Wildman–Crippen MR) is 120 cm³/mol. The molecule has 0 unspecified atom stereocenters. The summed E-state index contributed by atoms with van der Waals surface area (Å²) < 4.78 is 31.2. The van der Waals surface area contributed by atoms with E-state index in [4.69, 9.17) is 0 Å². The fourth-order valence-corrected chi connectivity index (χ4v) is 5.52. The fraction of sp³-hybridized carbons (Fsp3) is 0.227. The van der Waals surface area contributed by atoms with E-state index >= 15 is 0 Å². The average Bonchev–Trinajstić information content (AvgIpc) is 3.16. The van der Waals surface area contributed by atoms with Crippen molar-refractivity contribution in [1.29, 1.82) is 0 Å². The van der Waals surface area contributed by atoms with Gasteiger partial charge in [-0.2, -0.15) is 5.10 Å². The van der Waals surface area contributed by atoms with Crippen LogP contribution in [0.1, 0.15) is 27.8 Å². The summed E-state index contributed by atoms with van der Waals surface area (Å²) in [5, 5.41) is 4.58. The maximum Gasteiger partial charge on any atom is 0.262 e. The van der Waals surface area contributed by atoms with Crippen LogP contribution in [0, 0.1) is 34.6 Å². The monoisotopic (exact) mass is 437 g/mol. The van der Waals surface area contributed by atoms with Crippen LogP contribution in [0.2, 0.25) is 0 Å². The van der Waals surface area contributed by atoms with E-state index in [1.54, 1.807) is 24.3 Å². The Morgan fingerprint density at radius 1 is 0.935 bits per heavy atom. The zero-order chi connectivity index (χ0) is 22.5. The number of para-hydroxylation sites is 2. The number of anilines is 1. The van der Waals surface area contributed by atoms with Crippen LogP contribution in [-0.2, 0) is 10.0 Å². The van der Waals surface area contributed by atoms with Crippen molar-refractivity contribution in [3.8, 4) is 5.69 Å². The van der Waals surface area contributed by atoms with Crippen LogP contribution in [-0.4, -0.2) is 28.2 Å². The van der Waals surface area contributed by atoms with E-state index < -0.39 is 10.0 Å². The molecule has 0 bridgehead atoms. The molecule has 2 aromatic heterocycles. The molecule has 0 saturated carbocycles. The number of aromatic nitrogens is 4. The highest BCUT2D eigenvalue weighted by Crippen LogP contribution is 2.32. The first-order chi connectivity index (χ1) is 14.6. The lowest BCUT2D eigenvalue weighted by Gasteiger charge is -2.20. The fourth-order valence-electron chi connectivity index (χ4n) is 3.84. The molecule has 0 spiro atoms. The van der Waals surface area contributed by atoms with Gasteiger partial charge in [-0.3, -0.25) is 9.52 Å². The Balaban J connectivity index is 1.88. The Morgan fingerprint density at radius 3 is 2.23 bits per heavy atom. The minimum atomic E-state index is -3.89. The molecule has 160 valence electrons. The lowest BCUT2D eigenvalue weighted by atomic mass is 9.95. The van der Waals surface area contributed by atoms with Gasteiger partial charge in [0.1, 0.15) is 5.39 Å². The van der Waals surface area contributed by atoms with E-state index in [-0.39, 0.29) is 10.5 Å². The lowest BCUT2D eigenvalue weighted by Crippen LogP contribution is -2.19. The summed E-state index contributed by atoms with van der Waals surface area (Å²) in [6.07, 6.45) is 2.70. The molecule has 0 aliphatic carbocycles. The van der Waals surface area contributed by atoms with Crippen molar-refractivity contribution in [3.63, 3.8) is 0 Å². The predicted octanol–water partition coefficient (Wildman–Crippen LogP) is 3.45. The number of aromatic amines is 1. The van der Waals surface area contributed by atoms with Gasteiger partial charge in [-0.1, -0.05) is 12.1 Å². The molecule has 31 heavy (non-hydrogen) atoms. The third-order valence-corrected chi connectivity index (χ3v) is 7.59. The van der Waals surface area contributed by atoms with Crippen LogP contribution < -0.4 is 10.3 Å². The third kappa shape index (κ3) is 3.31. The van der Waals surface area contributed by atoms with Gasteiger partial charge in [0.2, 0.25) is 0 Å². The maximum absolute atomic E-state index is 13.5. The highest BCUT2D eigenvalue weighted by molar-refractivity contribution is 7.92. The molecular formula is C22H23N5O3S. The molecule has 0 radical (unpaired) electrons. The number of fused-ring (bicyclic) bond motifs is 1. The van der Waals surface area contributed by atoms with Gasteiger partial charge in [0.25, 0.3) is 15.6 Å². The van der Waals surface area contributed by atoms with E-state index in [1.165, 1.54) is 17.2 Å². The normalized spacial score (nSPS) is 11.8. The molecule has 0 amide bonds. The summed E-state index contributed by atoms with van der Waals surface area (Å²) >= 11 is 0. The van der Waals surface area contributed by atoms with Gasteiger partial charge in [-0.05, 0) is 74.6 Å². The summed E-state index contributed by atoms with van der Waals surface area (Å²) in [5.74, 6) is 0. The summed E-state index contributed by atoms with van der Waals surface area (Å²) in [5.41, 5.74) is 5.28. The first-order valence-corrected chi connectivity index (χ1v) is 11.2. The van der Waals surface area contributed by atoms with Crippen LogP contribution in [0.3, 0.4) is 0 Å². The minimum Gasteiger partial charge on any atom is -0.312 e. The average molecular weight is 438 g/mol. The van der Waals surface area contributed by atoms with Gasteiger partial charge in [0.05, 0.1) is 28.8 Å². The van der Waals surface area contributed by atoms with E-state index in [1.807, 2.05) is 34.6 Å². The minimum absolute atomic E-state index is 0.280. The van der Waals surface area contributed by atoms with E-state index in [2.05, 4.69) is 19.8 Å². The maximum atomic E-state index is 13.5. The van der Waals surface area contributed by atoms with Gasteiger partial charge in [-0.15, -0.1) is 0 Å². The SMILES string of the molecule is Cc1c(C)c(C)c(S(=O)(=O)Nc2ccccc2-n2ncc3c(=O)[nH]cnc32)c(C)c1C. The quantitative estimate of drug-likeness (QED) is 0.508. The molecule has 0 aliphatic rings. The second-order valence-electron chi connectivity index (χ2n) is 7.60. The highest BCUT2D eigenvalue weighted by atomic mass is 32.2. The van der Waals surface area contributed by atoms with Gasteiger partial charge in [0, 0.05) is 0 Å². The number of hydrogen-bond acceptors (Lipinski definition) is 5. The summed E-state index contributed by atoms with van der Waals surface area (Å²) in [6, 6.07) is 6.88. The summed E-state index contributed by atoms with van der Waals surface area (Å²) in [4.78, 5) is 19.0. The molecule has 0 fully saturated rings. The largest absolute Gasteiger partial charge is 0.312 e. The molecule has 9 heteroatoms. The van der Waals surface area contributed by atoms with Crippen molar-refractivity contribution < 1.29 is 8.42 Å². The molecule has 4 rings (SSSR count). The number of nitrogens with one attached hydrogen (secondary N) is 2. The van der Waals surface area contributed by atoms with Crippen molar-refractivity contribution in [2.45, 2.75) is 39.5 Å². The first kappa shape index (κ1) is 20.8. The van der Waals surface area contributed by atoms with Crippen molar-refractivity contribution >= 4 is 26.7 Å². The van der Waals surface area contributed by atoms with Crippen LogP contribution in [0.15, 0.2) is 46.5 Å². The highest BCUT2D eigenvalue weighted by Gasteiger charge is 2.25. The Morgan fingerprint density at radius 2 is 1.55 bits per heavy atom. The Kier molecular flexibility index (Phi) is 4.93. The Labute approximate surface area is 180 Å². The van der Waals surface area contributed by atoms with Crippen LogP contribution >= 0.6 is 0 Å². The van der Waals surface area contributed by atoms with E-state index in [9.17, 15) is 13.2 Å². The number of benzene rings is 2. The number of sulfonamides is 1. The molecule has 2 N–H and O–H groups in total. The first-order valence-electron chi connectivity index (χ1n) is 9.74. The Hall–Kier alpha value is -3.46. The zero-order valence-electron chi connectivity index (χ0n) is 17.9. The van der Waals surface area contributed by atoms with E-state index in [0.29, 0.717) is 22.4 Å². The van der Waals surface area contributed by atoms with E-state index in [0.717, 1.165) is 27.8 Å². The second kappa shape index (κ2) is 7.35. The zero-order valence-corrected chi connectivity index (χ0v) is 18.8. The molecule has 0 aliphatic heterocycles.